The fourth-order valence-corrected chi connectivity index (χ4v) is 5.24. The number of amides is 2. The van der Waals surface area contributed by atoms with E-state index in [0.29, 0.717) is 11.4 Å². The molecule has 40 heavy (non-hydrogen) atoms. The molecule has 198 valence electrons. The Labute approximate surface area is 241 Å². The lowest BCUT2D eigenvalue weighted by atomic mass is 10.3. The van der Waals surface area contributed by atoms with Gasteiger partial charge in [-0.2, -0.15) is 0 Å². The first-order valence-electron chi connectivity index (χ1n) is 12.4. The van der Waals surface area contributed by atoms with Crippen LogP contribution in [0.3, 0.4) is 0 Å². The van der Waals surface area contributed by atoms with Gasteiger partial charge >= 0.3 is 12.2 Å². The monoisotopic (exact) mass is 564 g/mol. The molecule has 0 saturated heterocycles. The van der Waals surface area contributed by atoms with Crippen LogP contribution in [0.5, 0.6) is 11.5 Å². The van der Waals surface area contributed by atoms with Crippen molar-refractivity contribution in [3.05, 3.63) is 146 Å². The maximum Gasteiger partial charge on any atom is 0.430 e. The topological polar surface area (TPSA) is 59.1 Å². The minimum atomic E-state index is -0.637. The van der Waals surface area contributed by atoms with Gasteiger partial charge in [0.15, 0.2) is 11.5 Å². The summed E-state index contributed by atoms with van der Waals surface area (Å²) >= 11 is 2.46. The Morgan fingerprint density at radius 3 is 1.07 bits per heavy atom. The quantitative estimate of drug-likeness (QED) is 0.175. The lowest BCUT2D eigenvalue weighted by molar-refractivity contribution is 0.201. The molecule has 0 aliphatic rings. The third-order valence-corrected chi connectivity index (χ3v) is 7.49. The van der Waals surface area contributed by atoms with E-state index in [2.05, 4.69) is 0 Å². The van der Waals surface area contributed by atoms with Gasteiger partial charge in [-0.05, 0) is 84.6 Å². The van der Waals surface area contributed by atoms with Gasteiger partial charge in [-0.1, -0.05) is 84.9 Å². The first-order chi connectivity index (χ1) is 19.7. The molecule has 0 heterocycles. The van der Waals surface area contributed by atoms with Crippen molar-refractivity contribution in [2.75, 3.05) is 8.61 Å². The number of hydrogen-bond donors (Lipinski definition) is 0. The molecule has 0 N–H and O–H groups in total. The van der Waals surface area contributed by atoms with E-state index in [1.165, 1.54) is 32.5 Å². The number of ether oxygens (including phenoxy) is 2. The number of anilines is 2. The Hall–Kier alpha value is -4.66. The van der Waals surface area contributed by atoms with Gasteiger partial charge in [0.2, 0.25) is 0 Å². The Morgan fingerprint density at radius 1 is 0.425 bits per heavy atom. The average Bonchev–Trinajstić information content (AvgIpc) is 3.01. The second-order valence-electron chi connectivity index (χ2n) is 8.25. The van der Waals surface area contributed by atoms with Crippen LogP contribution in [0.15, 0.2) is 155 Å². The van der Waals surface area contributed by atoms with Crippen molar-refractivity contribution in [2.24, 2.45) is 0 Å². The van der Waals surface area contributed by atoms with Crippen LogP contribution in [-0.4, -0.2) is 12.2 Å². The molecule has 0 atom stereocenters. The van der Waals surface area contributed by atoms with Crippen LogP contribution in [0.4, 0.5) is 21.0 Å². The van der Waals surface area contributed by atoms with Crippen LogP contribution in [0, 0.1) is 0 Å². The first-order valence-corrected chi connectivity index (χ1v) is 13.9. The van der Waals surface area contributed by atoms with Crippen molar-refractivity contribution in [3.8, 4) is 11.5 Å². The van der Waals surface area contributed by atoms with Crippen LogP contribution < -0.4 is 18.1 Å². The highest BCUT2D eigenvalue weighted by atomic mass is 32.2. The zero-order valence-corrected chi connectivity index (χ0v) is 22.8. The summed E-state index contributed by atoms with van der Waals surface area (Å²) in [6.07, 6.45) is -1.27. The predicted molar refractivity (Wildman–Crippen MR) is 161 cm³/mol. The van der Waals surface area contributed by atoms with Crippen LogP contribution >= 0.6 is 23.9 Å². The minimum Gasteiger partial charge on any atom is -0.405 e. The number of nitrogens with zero attached hydrogens (tertiary/aromatic N) is 2. The Bertz CT molecular complexity index is 1420. The molecule has 0 radical (unpaired) electrons. The fraction of sp³-hybridized carbons (Fsp3) is 0. The van der Waals surface area contributed by atoms with E-state index >= 15 is 0 Å². The lowest BCUT2D eigenvalue weighted by Crippen LogP contribution is -2.29. The summed E-state index contributed by atoms with van der Waals surface area (Å²) in [5.41, 5.74) is 1.29. The van der Waals surface area contributed by atoms with Gasteiger partial charge in [0.1, 0.15) is 0 Å². The summed E-state index contributed by atoms with van der Waals surface area (Å²) in [4.78, 5) is 28.7. The number of hydrogen-bond acceptors (Lipinski definition) is 6. The van der Waals surface area contributed by atoms with E-state index in [9.17, 15) is 9.59 Å². The Kier molecular flexibility index (Phi) is 9.03. The molecule has 2 amide bonds. The first kappa shape index (κ1) is 26.9. The summed E-state index contributed by atoms with van der Waals surface area (Å²) in [6, 6.07) is 44.1. The second-order valence-corrected chi connectivity index (χ2v) is 10.3. The van der Waals surface area contributed by atoms with Crippen molar-refractivity contribution in [1.29, 1.82) is 0 Å². The van der Waals surface area contributed by atoms with E-state index in [0.717, 1.165) is 9.79 Å². The lowest BCUT2D eigenvalue weighted by Gasteiger charge is -2.23. The maximum atomic E-state index is 13.5. The highest BCUT2D eigenvalue weighted by molar-refractivity contribution is 8.01. The van der Waals surface area contributed by atoms with Crippen molar-refractivity contribution in [2.45, 2.75) is 9.79 Å². The molecule has 0 spiro atoms. The standard InChI is InChI=1S/C32H24N2O4S2/c35-31(33(25-15-5-1-6-16-25)39-27-19-9-3-10-20-27)37-29-23-13-14-24-30(29)38-32(36)34(26-17-7-2-8-18-26)40-28-21-11-4-12-22-28/h1-24H. The molecule has 0 fully saturated rings. The molecule has 0 unspecified atom stereocenters. The summed E-state index contributed by atoms with van der Waals surface area (Å²) in [7, 11) is 0. The van der Waals surface area contributed by atoms with Crippen molar-refractivity contribution in [1.82, 2.24) is 0 Å². The number of benzene rings is 5. The minimum absolute atomic E-state index is 0.119. The Morgan fingerprint density at radius 2 is 0.725 bits per heavy atom. The largest absolute Gasteiger partial charge is 0.430 e. The van der Waals surface area contributed by atoms with Crippen LogP contribution in [0.25, 0.3) is 0 Å². The number of rotatable bonds is 8. The number of carbonyl (C=O) groups excluding carboxylic acids is 2. The zero-order valence-electron chi connectivity index (χ0n) is 21.2. The summed E-state index contributed by atoms with van der Waals surface area (Å²) < 4.78 is 14.5. The van der Waals surface area contributed by atoms with Gasteiger partial charge in [-0.15, -0.1) is 0 Å². The predicted octanol–water partition coefficient (Wildman–Crippen LogP) is 9.11. The molecule has 6 nitrogen and oxygen atoms in total. The normalized spacial score (nSPS) is 10.4. The summed E-state index contributed by atoms with van der Waals surface area (Å²) in [6.45, 7) is 0. The van der Waals surface area contributed by atoms with Crippen molar-refractivity contribution < 1.29 is 19.1 Å². The van der Waals surface area contributed by atoms with E-state index in [1.54, 1.807) is 24.3 Å². The number of carbonyl (C=O) groups is 2. The van der Waals surface area contributed by atoms with Crippen molar-refractivity contribution in [3.63, 3.8) is 0 Å². The SMILES string of the molecule is O=C(Oc1ccccc1OC(=O)N(Sc1ccccc1)c1ccccc1)N(Sc1ccccc1)c1ccccc1. The van der Waals surface area contributed by atoms with Crippen LogP contribution in [0.1, 0.15) is 0 Å². The van der Waals surface area contributed by atoms with Crippen molar-refractivity contribution >= 4 is 47.5 Å². The maximum absolute atomic E-state index is 13.5. The van der Waals surface area contributed by atoms with E-state index in [4.69, 9.17) is 9.47 Å². The van der Waals surface area contributed by atoms with Gasteiger partial charge in [0.25, 0.3) is 0 Å². The summed E-state index contributed by atoms with van der Waals surface area (Å²) in [5, 5.41) is 0. The summed E-state index contributed by atoms with van der Waals surface area (Å²) in [5.74, 6) is 0.237. The fourth-order valence-electron chi connectivity index (χ4n) is 3.58. The molecule has 0 saturated carbocycles. The third kappa shape index (κ3) is 7.05. The van der Waals surface area contributed by atoms with Gasteiger partial charge < -0.3 is 9.47 Å². The molecule has 0 aliphatic carbocycles. The average molecular weight is 565 g/mol. The van der Waals surface area contributed by atoms with Gasteiger partial charge in [0.05, 0.1) is 11.4 Å². The molecular weight excluding hydrogens is 540 g/mol. The highest BCUT2D eigenvalue weighted by Crippen LogP contribution is 2.35. The molecule has 8 heteroatoms. The third-order valence-electron chi connectivity index (χ3n) is 5.44. The van der Waals surface area contributed by atoms with E-state index < -0.39 is 12.2 Å². The zero-order chi connectivity index (χ0) is 27.6. The second kappa shape index (κ2) is 13.4. The van der Waals surface area contributed by atoms with E-state index in [-0.39, 0.29) is 11.5 Å². The smallest absolute Gasteiger partial charge is 0.405 e. The van der Waals surface area contributed by atoms with Gasteiger partial charge in [-0.3, -0.25) is 0 Å². The molecule has 0 bridgehead atoms. The Balaban J connectivity index is 1.38. The van der Waals surface area contributed by atoms with E-state index in [1.807, 2.05) is 121 Å². The molecule has 5 aromatic carbocycles. The van der Waals surface area contributed by atoms with Crippen LogP contribution in [0.2, 0.25) is 0 Å². The van der Waals surface area contributed by atoms with Gasteiger partial charge in [0, 0.05) is 9.79 Å². The number of para-hydroxylation sites is 4. The molecule has 0 aliphatic heterocycles. The molecule has 5 aromatic rings. The van der Waals surface area contributed by atoms with Gasteiger partial charge in [-0.25, -0.2) is 18.2 Å². The highest BCUT2D eigenvalue weighted by Gasteiger charge is 2.25. The molecule has 5 rings (SSSR count). The molecular formula is C32H24N2O4S2. The molecule has 0 aromatic heterocycles. The van der Waals surface area contributed by atoms with Crippen LogP contribution in [-0.2, 0) is 0 Å².